The first kappa shape index (κ1) is 26.9. The molecule has 0 unspecified atom stereocenters. The van der Waals surface area contributed by atoms with Gasteiger partial charge in [0.25, 0.3) is 0 Å². The predicted molar refractivity (Wildman–Crippen MR) is 143 cm³/mol. The van der Waals surface area contributed by atoms with Gasteiger partial charge in [-0.15, -0.1) is 0 Å². The lowest BCUT2D eigenvalue weighted by atomic mass is 9.93. The minimum Gasteiger partial charge on any atom is -0.478 e. The van der Waals surface area contributed by atoms with Gasteiger partial charge in [-0.25, -0.2) is 14.5 Å². The van der Waals surface area contributed by atoms with Crippen molar-refractivity contribution in [3.63, 3.8) is 0 Å². The first-order valence-corrected chi connectivity index (χ1v) is 13.0. The van der Waals surface area contributed by atoms with Crippen molar-refractivity contribution in [1.82, 2.24) is 19.7 Å². The first-order valence-electron chi connectivity index (χ1n) is 12.6. The van der Waals surface area contributed by atoms with E-state index < -0.39 is 23.4 Å². The van der Waals surface area contributed by atoms with E-state index in [1.165, 1.54) is 6.07 Å². The van der Waals surface area contributed by atoms with Crippen LogP contribution >= 0.6 is 11.6 Å². The molecule has 0 radical (unpaired) electrons. The van der Waals surface area contributed by atoms with Gasteiger partial charge in [-0.3, -0.25) is 0 Å². The molecule has 1 aliphatic heterocycles. The zero-order valence-electron chi connectivity index (χ0n) is 21.1. The quantitative estimate of drug-likeness (QED) is 0.262. The van der Waals surface area contributed by atoms with E-state index in [4.69, 9.17) is 11.6 Å². The van der Waals surface area contributed by atoms with E-state index in [9.17, 15) is 23.1 Å². The molecule has 1 aliphatic rings. The Labute approximate surface area is 228 Å². The number of carboxylic acid groups (broad SMARTS) is 1. The van der Waals surface area contributed by atoms with E-state index in [2.05, 4.69) is 28.0 Å². The first-order chi connectivity index (χ1) is 18.7. The van der Waals surface area contributed by atoms with Crippen molar-refractivity contribution in [2.75, 3.05) is 19.6 Å². The van der Waals surface area contributed by atoms with Crippen molar-refractivity contribution < 1.29 is 23.1 Å². The van der Waals surface area contributed by atoms with Crippen molar-refractivity contribution in [1.29, 1.82) is 0 Å². The van der Waals surface area contributed by atoms with Crippen molar-refractivity contribution >= 4 is 17.6 Å². The zero-order chi connectivity index (χ0) is 27.7. The number of likely N-dealkylation sites (tertiary alicyclic amines) is 1. The van der Waals surface area contributed by atoms with Crippen LogP contribution < -0.4 is 0 Å². The Morgan fingerprint density at radius 2 is 1.87 bits per heavy atom. The van der Waals surface area contributed by atoms with Crippen molar-refractivity contribution in [2.24, 2.45) is 0 Å². The molecule has 1 saturated heterocycles. The fourth-order valence-corrected chi connectivity index (χ4v) is 5.57. The van der Waals surface area contributed by atoms with Gasteiger partial charge in [-0.2, -0.15) is 18.3 Å². The normalized spacial score (nSPS) is 16.1. The third kappa shape index (κ3) is 5.42. The molecule has 6 nitrogen and oxygen atoms in total. The number of carbonyl (C=O) groups is 1. The van der Waals surface area contributed by atoms with Gasteiger partial charge in [-0.05, 0) is 66.7 Å². The number of hydrogen-bond donors (Lipinski definition) is 1. The second kappa shape index (κ2) is 10.8. The maximum absolute atomic E-state index is 13.8. The molecule has 0 aliphatic carbocycles. The van der Waals surface area contributed by atoms with Crippen LogP contribution in [0.4, 0.5) is 13.2 Å². The van der Waals surface area contributed by atoms with E-state index >= 15 is 0 Å². The van der Waals surface area contributed by atoms with Crippen LogP contribution in [0.3, 0.4) is 0 Å². The Hall–Kier alpha value is -3.69. The van der Waals surface area contributed by atoms with Crippen LogP contribution in [0.25, 0.3) is 28.2 Å². The average Bonchev–Trinajstić information content (AvgIpc) is 3.57. The van der Waals surface area contributed by atoms with E-state index in [0.29, 0.717) is 33.1 Å². The molecule has 2 aromatic carbocycles. The summed E-state index contributed by atoms with van der Waals surface area (Å²) >= 11 is 6.78. The SMILES string of the molecule is CCCN1CC[C@H](c2ccc(-c3ccccc3-c3cccc(-n4ncc(C(=O)O)c4C(F)(F)F)n3)cc2Cl)C1. The fourth-order valence-electron chi connectivity index (χ4n) is 5.23. The molecule has 10 heteroatoms. The number of alkyl halides is 3. The maximum atomic E-state index is 13.8. The molecule has 0 bridgehead atoms. The van der Waals surface area contributed by atoms with Gasteiger partial charge in [-0.1, -0.05) is 61.0 Å². The van der Waals surface area contributed by atoms with Gasteiger partial charge in [0.05, 0.1) is 11.9 Å². The van der Waals surface area contributed by atoms with Gasteiger partial charge < -0.3 is 10.0 Å². The summed E-state index contributed by atoms with van der Waals surface area (Å²) in [5.41, 5.74) is 1.57. The summed E-state index contributed by atoms with van der Waals surface area (Å²) in [5.74, 6) is -1.49. The van der Waals surface area contributed by atoms with Crippen LogP contribution in [0.5, 0.6) is 0 Å². The van der Waals surface area contributed by atoms with Crippen LogP contribution in [0.15, 0.2) is 66.9 Å². The van der Waals surface area contributed by atoms with E-state index in [-0.39, 0.29) is 5.82 Å². The summed E-state index contributed by atoms with van der Waals surface area (Å²) in [6.45, 7) is 5.29. The smallest absolute Gasteiger partial charge is 0.434 e. The minimum atomic E-state index is -4.94. The van der Waals surface area contributed by atoms with Gasteiger partial charge in [0.1, 0.15) is 5.56 Å². The third-order valence-electron chi connectivity index (χ3n) is 6.99. The average molecular weight is 555 g/mol. The molecule has 1 fully saturated rings. The highest BCUT2D eigenvalue weighted by Gasteiger charge is 2.41. The highest BCUT2D eigenvalue weighted by molar-refractivity contribution is 6.31. The van der Waals surface area contributed by atoms with E-state index in [0.717, 1.165) is 49.2 Å². The molecule has 1 atom stereocenters. The highest BCUT2D eigenvalue weighted by atomic mass is 35.5. The van der Waals surface area contributed by atoms with Crippen molar-refractivity contribution in [3.05, 3.63) is 88.7 Å². The number of rotatable bonds is 7. The molecular formula is C29H26ClF3N4O2. The maximum Gasteiger partial charge on any atom is 0.434 e. The van der Waals surface area contributed by atoms with Gasteiger partial charge in [0.15, 0.2) is 11.5 Å². The Morgan fingerprint density at radius 1 is 1.10 bits per heavy atom. The van der Waals surface area contributed by atoms with E-state index in [1.807, 2.05) is 36.4 Å². The summed E-state index contributed by atoms with van der Waals surface area (Å²) in [7, 11) is 0. The second-order valence-corrected chi connectivity index (χ2v) is 9.98. The Morgan fingerprint density at radius 3 is 2.56 bits per heavy atom. The molecular weight excluding hydrogens is 529 g/mol. The lowest BCUT2D eigenvalue weighted by Crippen LogP contribution is -2.20. The predicted octanol–water partition coefficient (Wildman–Crippen LogP) is 7.17. The largest absolute Gasteiger partial charge is 0.478 e. The van der Waals surface area contributed by atoms with Crippen molar-refractivity contribution in [3.8, 4) is 28.2 Å². The topological polar surface area (TPSA) is 71.2 Å². The summed E-state index contributed by atoms with van der Waals surface area (Å²) in [4.78, 5) is 18.3. The van der Waals surface area contributed by atoms with Crippen LogP contribution in [-0.4, -0.2) is 50.4 Å². The summed E-state index contributed by atoms with van der Waals surface area (Å²) < 4.78 is 41.8. The molecule has 0 spiro atoms. The number of pyridine rings is 1. The number of halogens is 4. The van der Waals surface area contributed by atoms with Crippen LogP contribution in [0.2, 0.25) is 5.02 Å². The summed E-state index contributed by atoms with van der Waals surface area (Å²) in [6.07, 6.45) is -2.08. The molecule has 5 rings (SSSR count). The molecule has 3 heterocycles. The highest BCUT2D eigenvalue weighted by Crippen LogP contribution is 2.38. The van der Waals surface area contributed by atoms with Gasteiger partial charge in [0.2, 0.25) is 0 Å². The molecule has 0 saturated carbocycles. The third-order valence-corrected chi connectivity index (χ3v) is 7.31. The number of nitrogens with zero attached hydrogens (tertiary/aromatic N) is 4. The number of carboxylic acids is 1. The molecule has 39 heavy (non-hydrogen) atoms. The van der Waals surface area contributed by atoms with Gasteiger partial charge in [0, 0.05) is 17.1 Å². The lowest BCUT2D eigenvalue weighted by Gasteiger charge is -2.17. The van der Waals surface area contributed by atoms with Crippen molar-refractivity contribution in [2.45, 2.75) is 31.9 Å². The Balaban J connectivity index is 1.51. The molecule has 2 aromatic heterocycles. The monoisotopic (exact) mass is 554 g/mol. The number of benzene rings is 2. The Kier molecular flexibility index (Phi) is 7.46. The standard InChI is InChI=1S/C29H26ClF3N4O2/c1-2-13-36-14-12-19(17-36)21-11-10-18(15-24(21)30)20-6-3-4-7-22(20)25-8-5-9-26(35-25)37-27(29(31,32)33)23(16-34-37)28(38)39/h3-11,15-16,19H,2,12-14,17H2,1H3,(H,38,39)/t19-/m0/s1. The molecule has 202 valence electrons. The molecule has 0 amide bonds. The Bertz CT molecular complexity index is 1520. The fraction of sp³-hybridized carbons (Fsp3) is 0.276. The zero-order valence-corrected chi connectivity index (χ0v) is 21.9. The summed E-state index contributed by atoms with van der Waals surface area (Å²) in [5, 5.41) is 13.6. The minimum absolute atomic E-state index is 0.145. The van der Waals surface area contributed by atoms with Crippen LogP contribution in [0.1, 0.15) is 47.3 Å². The second-order valence-electron chi connectivity index (χ2n) is 9.57. The molecule has 4 aromatic rings. The summed E-state index contributed by atoms with van der Waals surface area (Å²) in [6, 6.07) is 18.0. The van der Waals surface area contributed by atoms with E-state index in [1.54, 1.807) is 12.1 Å². The number of aromatic nitrogens is 3. The van der Waals surface area contributed by atoms with Crippen LogP contribution in [-0.2, 0) is 6.18 Å². The van der Waals surface area contributed by atoms with Gasteiger partial charge >= 0.3 is 12.1 Å². The lowest BCUT2D eigenvalue weighted by molar-refractivity contribution is -0.143. The molecule has 1 N–H and O–H groups in total. The van der Waals surface area contributed by atoms with Crippen LogP contribution in [0, 0.1) is 0 Å². The number of hydrogen-bond acceptors (Lipinski definition) is 4. The number of aromatic carboxylic acids is 1.